The number of rotatable bonds is 5. The molecule has 3 atom stereocenters. The lowest BCUT2D eigenvalue weighted by Crippen LogP contribution is -2.33. The van der Waals surface area contributed by atoms with E-state index in [1.54, 1.807) is 14.2 Å². The van der Waals surface area contributed by atoms with Gasteiger partial charge in [-0.25, -0.2) is 0 Å². The summed E-state index contributed by atoms with van der Waals surface area (Å²) in [7, 11) is 3.29. The molecule has 1 aliphatic heterocycles. The molecule has 4 heteroatoms. The minimum absolute atomic E-state index is 0.136. The smallest absolute Gasteiger partial charge is 0.248 e. The van der Waals surface area contributed by atoms with Gasteiger partial charge in [0, 0.05) is 20.2 Å². The van der Waals surface area contributed by atoms with Gasteiger partial charge >= 0.3 is 0 Å². The van der Waals surface area contributed by atoms with E-state index < -0.39 is 0 Å². The number of carbonyl (C=O) groups excluding carboxylic acids is 1. The summed E-state index contributed by atoms with van der Waals surface area (Å²) in [6.45, 7) is 2.03. The molecule has 0 unspecified atom stereocenters. The molecule has 1 amide bonds. The molecule has 0 bridgehead atoms. The van der Waals surface area contributed by atoms with Crippen LogP contribution in [0.3, 0.4) is 0 Å². The van der Waals surface area contributed by atoms with E-state index >= 15 is 0 Å². The molecule has 2 fully saturated rings. The predicted octanol–water partition coefficient (Wildman–Crippen LogP) is 2.37. The number of hydrogen-bond acceptors (Lipinski definition) is 3. The number of likely N-dealkylation sites (tertiary alicyclic amines) is 1. The molecule has 2 aliphatic rings. The van der Waals surface area contributed by atoms with Crippen LogP contribution in [0.5, 0.6) is 5.75 Å². The van der Waals surface area contributed by atoms with Crippen molar-refractivity contribution in [1.29, 1.82) is 0 Å². The number of hydrogen-bond donors (Lipinski definition) is 0. The second kappa shape index (κ2) is 6.69. The Kier molecular flexibility index (Phi) is 4.67. The van der Waals surface area contributed by atoms with E-state index in [0.29, 0.717) is 17.8 Å². The second-order valence-corrected chi connectivity index (χ2v) is 6.55. The molecule has 120 valence electrons. The minimum Gasteiger partial charge on any atom is -0.497 e. The SMILES string of the molecule is COCC(=O)N1C[C@H]2CC[C@H](Cc3cccc(OC)c3)[C@H]2C1. The monoisotopic (exact) mass is 303 g/mol. The number of benzene rings is 1. The highest BCUT2D eigenvalue weighted by atomic mass is 16.5. The van der Waals surface area contributed by atoms with Crippen LogP contribution in [0.25, 0.3) is 0 Å². The number of fused-ring (bicyclic) bond motifs is 1. The fraction of sp³-hybridized carbons (Fsp3) is 0.611. The van der Waals surface area contributed by atoms with Crippen LogP contribution >= 0.6 is 0 Å². The summed E-state index contributed by atoms with van der Waals surface area (Å²) in [6, 6.07) is 8.36. The molecule has 1 heterocycles. The second-order valence-electron chi connectivity index (χ2n) is 6.55. The van der Waals surface area contributed by atoms with Gasteiger partial charge in [0.2, 0.25) is 5.91 Å². The van der Waals surface area contributed by atoms with Crippen LogP contribution in [0.15, 0.2) is 24.3 Å². The van der Waals surface area contributed by atoms with Gasteiger partial charge in [-0.05, 0) is 54.7 Å². The Hall–Kier alpha value is -1.55. The molecule has 0 radical (unpaired) electrons. The molecule has 0 spiro atoms. The Morgan fingerprint density at radius 2 is 2.14 bits per heavy atom. The van der Waals surface area contributed by atoms with Crippen molar-refractivity contribution in [3.05, 3.63) is 29.8 Å². The maximum atomic E-state index is 12.0. The molecule has 1 saturated carbocycles. The fourth-order valence-corrected chi connectivity index (χ4v) is 4.15. The summed E-state index contributed by atoms with van der Waals surface area (Å²) in [5, 5.41) is 0. The average molecular weight is 303 g/mol. The third-order valence-electron chi connectivity index (χ3n) is 5.26. The average Bonchev–Trinajstić information content (AvgIpc) is 3.10. The topological polar surface area (TPSA) is 38.8 Å². The first kappa shape index (κ1) is 15.3. The van der Waals surface area contributed by atoms with E-state index in [-0.39, 0.29) is 12.5 Å². The summed E-state index contributed by atoms with van der Waals surface area (Å²) in [5.74, 6) is 3.06. The van der Waals surface area contributed by atoms with Crippen molar-refractivity contribution in [2.24, 2.45) is 17.8 Å². The van der Waals surface area contributed by atoms with Crippen LogP contribution in [0.1, 0.15) is 18.4 Å². The summed E-state index contributed by atoms with van der Waals surface area (Å²) in [4.78, 5) is 14.0. The number of methoxy groups -OCH3 is 2. The molecule has 1 saturated heterocycles. The van der Waals surface area contributed by atoms with Crippen molar-refractivity contribution >= 4 is 5.91 Å². The Morgan fingerprint density at radius 3 is 2.91 bits per heavy atom. The minimum atomic E-state index is 0.136. The Bertz CT molecular complexity index is 531. The highest BCUT2D eigenvalue weighted by molar-refractivity contribution is 5.77. The fourth-order valence-electron chi connectivity index (χ4n) is 4.15. The Morgan fingerprint density at radius 1 is 1.27 bits per heavy atom. The number of ether oxygens (including phenoxy) is 2. The molecule has 3 rings (SSSR count). The lowest BCUT2D eigenvalue weighted by atomic mass is 9.87. The van der Waals surface area contributed by atoms with Gasteiger partial charge < -0.3 is 14.4 Å². The van der Waals surface area contributed by atoms with Gasteiger partial charge in [0.25, 0.3) is 0 Å². The van der Waals surface area contributed by atoms with E-state index in [0.717, 1.165) is 25.3 Å². The van der Waals surface area contributed by atoms with Crippen LogP contribution in [0.2, 0.25) is 0 Å². The van der Waals surface area contributed by atoms with Crippen LogP contribution in [-0.2, 0) is 16.0 Å². The van der Waals surface area contributed by atoms with Crippen molar-refractivity contribution in [3.63, 3.8) is 0 Å². The third kappa shape index (κ3) is 3.12. The lowest BCUT2D eigenvalue weighted by Gasteiger charge is -2.21. The van der Waals surface area contributed by atoms with Gasteiger partial charge in [-0.2, -0.15) is 0 Å². The van der Waals surface area contributed by atoms with Crippen LogP contribution in [0, 0.1) is 17.8 Å². The summed E-state index contributed by atoms with van der Waals surface area (Å²) >= 11 is 0. The molecular weight excluding hydrogens is 278 g/mol. The Labute approximate surface area is 132 Å². The predicted molar refractivity (Wildman–Crippen MR) is 84.9 cm³/mol. The molecular formula is C18H25NO3. The summed E-state index contributed by atoms with van der Waals surface area (Å²) in [5.41, 5.74) is 1.34. The van der Waals surface area contributed by atoms with Gasteiger partial charge in [-0.15, -0.1) is 0 Å². The van der Waals surface area contributed by atoms with E-state index in [4.69, 9.17) is 9.47 Å². The highest BCUT2D eigenvalue weighted by Gasteiger charge is 2.43. The molecule has 1 aromatic carbocycles. The van der Waals surface area contributed by atoms with E-state index in [1.165, 1.54) is 18.4 Å². The van der Waals surface area contributed by atoms with Gasteiger partial charge in [0.1, 0.15) is 12.4 Å². The third-order valence-corrected chi connectivity index (χ3v) is 5.26. The first-order chi connectivity index (χ1) is 10.7. The largest absolute Gasteiger partial charge is 0.497 e. The lowest BCUT2D eigenvalue weighted by molar-refractivity contribution is -0.134. The summed E-state index contributed by atoms with van der Waals surface area (Å²) in [6.07, 6.45) is 3.61. The van der Waals surface area contributed by atoms with Crippen molar-refractivity contribution < 1.29 is 14.3 Å². The van der Waals surface area contributed by atoms with Crippen molar-refractivity contribution in [2.75, 3.05) is 33.9 Å². The van der Waals surface area contributed by atoms with Crippen molar-refractivity contribution in [2.45, 2.75) is 19.3 Å². The molecule has 0 N–H and O–H groups in total. The standard InChI is InChI=1S/C18H25NO3/c1-21-12-18(20)19-10-15-7-6-14(17(15)11-19)8-13-4-3-5-16(9-13)22-2/h3-5,9,14-15,17H,6-8,10-12H2,1-2H3/t14-,15-,17-/m1/s1. The molecule has 1 aromatic rings. The number of carbonyl (C=O) groups is 1. The van der Waals surface area contributed by atoms with Crippen LogP contribution in [0.4, 0.5) is 0 Å². The van der Waals surface area contributed by atoms with Gasteiger partial charge in [-0.1, -0.05) is 12.1 Å². The normalized spacial score (nSPS) is 27.0. The first-order valence-corrected chi connectivity index (χ1v) is 8.11. The van der Waals surface area contributed by atoms with Crippen LogP contribution in [-0.4, -0.2) is 44.7 Å². The zero-order chi connectivity index (χ0) is 15.5. The quantitative estimate of drug-likeness (QED) is 0.838. The molecule has 1 aliphatic carbocycles. The van der Waals surface area contributed by atoms with E-state index in [2.05, 4.69) is 18.2 Å². The highest BCUT2D eigenvalue weighted by Crippen LogP contribution is 2.43. The molecule has 0 aromatic heterocycles. The van der Waals surface area contributed by atoms with Gasteiger partial charge in [0.05, 0.1) is 7.11 Å². The zero-order valence-corrected chi connectivity index (χ0v) is 13.5. The first-order valence-electron chi connectivity index (χ1n) is 8.11. The van der Waals surface area contributed by atoms with Crippen molar-refractivity contribution in [3.8, 4) is 5.75 Å². The zero-order valence-electron chi connectivity index (χ0n) is 13.5. The maximum Gasteiger partial charge on any atom is 0.248 e. The summed E-state index contributed by atoms with van der Waals surface area (Å²) < 4.78 is 10.3. The number of amides is 1. The van der Waals surface area contributed by atoms with Crippen molar-refractivity contribution in [1.82, 2.24) is 4.90 Å². The Balaban J connectivity index is 1.63. The van der Waals surface area contributed by atoms with Crippen LogP contribution < -0.4 is 4.74 Å². The van der Waals surface area contributed by atoms with E-state index in [9.17, 15) is 4.79 Å². The van der Waals surface area contributed by atoms with Gasteiger partial charge in [-0.3, -0.25) is 4.79 Å². The molecule has 22 heavy (non-hydrogen) atoms. The van der Waals surface area contributed by atoms with Gasteiger partial charge in [0.15, 0.2) is 0 Å². The van der Waals surface area contributed by atoms with E-state index in [1.807, 2.05) is 11.0 Å². The molecule has 4 nitrogen and oxygen atoms in total. The maximum absolute atomic E-state index is 12.0. The number of nitrogens with zero attached hydrogens (tertiary/aromatic N) is 1.